The van der Waals surface area contributed by atoms with E-state index in [-0.39, 0.29) is 12.2 Å². The first kappa shape index (κ1) is 14.1. The van der Waals surface area contributed by atoms with Crippen molar-refractivity contribution >= 4 is 11.9 Å². The maximum absolute atomic E-state index is 13.6. The first-order valence-corrected chi connectivity index (χ1v) is 6.45. The zero-order valence-corrected chi connectivity index (χ0v) is 11.5. The Bertz CT molecular complexity index is 646. The lowest BCUT2D eigenvalue weighted by molar-refractivity contribution is -0.363. The third-order valence-electron chi connectivity index (χ3n) is 3.51. The fourth-order valence-electron chi connectivity index (χ4n) is 2.67. The lowest BCUT2D eigenvalue weighted by atomic mass is 9.85. The molecule has 1 saturated heterocycles. The number of para-hydroxylation sites is 1. The van der Waals surface area contributed by atoms with Crippen LogP contribution in [-0.2, 0) is 9.53 Å². The minimum Gasteiger partial charge on any atom is -0.449 e. The quantitative estimate of drug-likeness (QED) is 0.735. The van der Waals surface area contributed by atoms with E-state index >= 15 is 0 Å². The molecule has 0 aromatic heterocycles. The van der Waals surface area contributed by atoms with Crippen molar-refractivity contribution in [3.8, 4) is 5.75 Å². The summed E-state index contributed by atoms with van der Waals surface area (Å²) < 4.78 is 51.3. The van der Waals surface area contributed by atoms with E-state index in [4.69, 9.17) is 9.47 Å². The van der Waals surface area contributed by atoms with Crippen molar-refractivity contribution in [1.29, 1.82) is 0 Å². The van der Waals surface area contributed by atoms with Crippen molar-refractivity contribution in [2.24, 2.45) is 0 Å². The van der Waals surface area contributed by atoms with E-state index in [2.05, 4.69) is 0 Å². The summed E-state index contributed by atoms with van der Waals surface area (Å²) in [5.41, 5.74) is -1.31. The molecule has 3 rings (SSSR count). The number of benzene rings is 1. The van der Waals surface area contributed by atoms with Crippen LogP contribution in [0.5, 0.6) is 5.75 Å². The van der Waals surface area contributed by atoms with Crippen molar-refractivity contribution in [3.05, 3.63) is 35.4 Å². The first-order chi connectivity index (χ1) is 9.65. The fraction of sp³-hybridized carbons (Fsp3) is 0.400. The maximum Gasteiger partial charge on any atom is 0.460 e. The highest BCUT2D eigenvalue weighted by Crippen LogP contribution is 2.51. The number of hydrogen-bond donors (Lipinski definition) is 0. The van der Waals surface area contributed by atoms with E-state index in [1.807, 2.05) is 0 Å². The minimum atomic E-state index is -4.86. The Morgan fingerprint density at radius 1 is 1.19 bits per heavy atom. The summed E-state index contributed by atoms with van der Waals surface area (Å²) >= 11 is 0. The molecule has 2 aliphatic rings. The Balaban J connectivity index is 2.23. The molecule has 1 aromatic carbocycles. The molecule has 0 saturated carbocycles. The second-order valence-electron chi connectivity index (χ2n) is 5.77. The van der Waals surface area contributed by atoms with Gasteiger partial charge in [0, 0.05) is 12.0 Å². The van der Waals surface area contributed by atoms with Gasteiger partial charge in [0.05, 0.1) is 11.2 Å². The van der Waals surface area contributed by atoms with Crippen LogP contribution in [0.25, 0.3) is 6.08 Å². The number of carbonyl (C=O) groups excluding carboxylic acids is 1. The second kappa shape index (κ2) is 4.10. The SMILES string of the molecule is CC1(C)CC(=O)C2=Cc3ccccc3OC2(C(F)(F)F)O1. The molecule has 0 aliphatic carbocycles. The Morgan fingerprint density at radius 2 is 1.86 bits per heavy atom. The van der Waals surface area contributed by atoms with Gasteiger partial charge in [-0.1, -0.05) is 18.2 Å². The molecular formula is C15H13F3O3. The summed E-state index contributed by atoms with van der Waals surface area (Å²) in [6, 6.07) is 6.25. The zero-order chi connectivity index (χ0) is 15.5. The Hall–Kier alpha value is -1.82. The van der Waals surface area contributed by atoms with Gasteiger partial charge in [-0.2, -0.15) is 13.2 Å². The van der Waals surface area contributed by atoms with Crippen molar-refractivity contribution in [3.63, 3.8) is 0 Å². The van der Waals surface area contributed by atoms with Gasteiger partial charge in [0.2, 0.25) is 0 Å². The van der Waals surface area contributed by atoms with E-state index in [9.17, 15) is 18.0 Å². The minimum absolute atomic E-state index is 0.0454. The molecule has 2 aliphatic heterocycles. The highest BCUT2D eigenvalue weighted by molar-refractivity contribution is 6.03. The number of ether oxygens (including phenoxy) is 2. The summed E-state index contributed by atoms with van der Waals surface area (Å²) in [7, 11) is 0. The predicted molar refractivity (Wildman–Crippen MR) is 68.6 cm³/mol. The van der Waals surface area contributed by atoms with Gasteiger partial charge in [0.25, 0.3) is 0 Å². The van der Waals surface area contributed by atoms with E-state index < -0.39 is 28.9 Å². The molecule has 0 N–H and O–H groups in total. The van der Waals surface area contributed by atoms with Gasteiger partial charge in [-0.15, -0.1) is 0 Å². The van der Waals surface area contributed by atoms with E-state index in [1.165, 1.54) is 26.0 Å². The largest absolute Gasteiger partial charge is 0.460 e. The molecule has 1 fully saturated rings. The number of halogens is 3. The smallest absolute Gasteiger partial charge is 0.449 e. The summed E-state index contributed by atoms with van der Waals surface area (Å²) in [6.45, 7) is 2.89. The molecule has 2 heterocycles. The van der Waals surface area contributed by atoms with Gasteiger partial charge in [-0.05, 0) is 26.0 Å². The van der Waals surface area contributed by atoms with Crippen LogP contribution >= 0.6 is 0 Å². The number of fused-ring (bicyclic) bond motifs is 2. The molecule has 0 amide bonds. The molecule has 0 bridgehead atoms. The van der Waals surface area contributed by atoms with Crippen LogP contribution in [0.2, 0.25) is 0 Å². The highest BCUT2D eigenvalue weighted by atomic mass is 19.4. The van der Waals surface area contributed by atoms with Gasteiger partial charge in [-0.3, -0.25) is 4.79 Å². The molecular weight excluding hydrogens is 285 g/mol. The van der Waals surface area contributed by atoms with Gasteiger partial charge in [0.1, 0.15) is 5.75 Å². The Labute approximate surface area is 119 Å². The van der Waals surface area contributed by atoms with Crippen LogP contribution in [0, 0.1) is 0 Å². The van der Waals surface area contributed by atoms with Gasteiger partial charge < -0.3 is 9.47 Å². The van der Waals surface area contributed by atoms with Crippen LogP contribution in [0.1, 0.15) is 25.8 Å². The number of hydrogen-bond acceptors (Lipinski definition) is 3. The van der Waals surface area contributed by atoms with Gasteiger partial charge in [0.15, 0.2) is 5.78 Å². The number of ketones is 1. The molecule has 0 radical (unpaired) electrons. The third kappa shape index (κ3) is 2.05. The Morgan fingerprint density at radius 3 is 2.52 bits per heavy atom. The zero-order valence-electron chi connectivity index (χ0n) is 11.5. The molecule has 1 unspecified atom stereocenters. The van der Waals surface area contributed by atoms with Crippen LogP contribution in [0.4, 0.5) is 13.2 Å². The van der Waals surface area contributed by atoms with Crippen LogP contribution in [-0.4, -0.2) is 23.3 Å². The summed E-state index contributed by atoms with van der Waals surface area (Å²) in [5.74, 6) is -3.60. The third-order valence-corrected chi connectivity index (χ3v) is 3.51. The van der Waals surface area contributed by atoms with Crippen molar-refractivity contribution in [2.45, 2.75) is 37.8 Å². The van der Waals surface area contributed by atoms with Crippen molar-refractivity contribution in [1.82, 2.24) is 0 Å². The maximum atomic E-state index is 13.6. The second-order valence-corrected chi connectivity index (χ2v) is 5.77. The standard InChI is InChI=1S/C15H13F3O3/c1-13(2)8-11(19)10-7-9-5-3-4-6-12(9)20-14(10,21-13)15(16,17)18/h3-7H,8H2,1-2H3. The number of alkyl halides is 3. The Kier molecular flexibility index (Phi) is 2.76. The summed E-state index contributed by atoms with van der Waals surface area (Å²) in [6.07, 6.45) is -3.77. The number of rotatable bonds is 0. The average Bonchev–Trinajstić information content (AvgIpc) is 2.34. The number of carbonyl (C=O) groups is 1. The molecule has 21 heavy (non-hydrogen) atoms. The van der Waals surface area contributed by atoms with Gasteiger partial charge >= 0.3 is 12.0 Å². The van der Waals surface area contributed by atoms with E-state index in [0.29, 0.717) is 5.56 Å². The molecule has 112 valence electrons. The van der Waals surface area contributed by atoms with Crippen LogP contribution < -0.4 is 4.74 Å². The van der Waals surface area contributed by atoms with Crippen LogP contribution in [0.15, 0.2) is 29.8 Å². The lowest BCUT2D eigenvalue weighted by Crippen LogP contribution is -2.63. The first-order valence-electron chi connectivity index (χ1n) is 6.45. The normalized spacial score (nSPS) is 27.3. The van der Waals surface area contributed by atoms with Gasteiger partial charge in [-0.25, -0.2) is 0 Å². The topological polar surface area (TPSA) is 35.5 Å². The average molecular weight is 298 g/mol. The predicted octanol–water partition coefficient (Wildman–Crippen LogP) is 3.49. The van der Waals surface area contributed by atoms with E-state index in [1.54, 1.807) is 18.2 Å². The van der Waals surface area contributed by atoms with E-state index in [0.717, 1.165) is 0 Å². The number of Topliss-reactive ketones (excluding diaryl/α,β-unsaturated/α-hetero) is 1. The molecule has 0 spiro atoms. The van der Waals surface area contributed by atoms with Crippen molar-refractivity contribution in [2.75, 3.05) is 0 Å². The molecule has 1 aromatic rings. The van der Waals surface area contributed by atoms with Crippen molar-refractivity contribution < 1.29 is 27.4 Å². The summed E-state index contributed by atoms with van der Waals surface area (Å²) in [4.78, 5) is 12.2. The fourth-order valence-corrected chi connectivity index (χ4v) is 2.67. The molecule has 3 nitrogen and oxygen atoms in total. The monoisotopic (exact) mass is 298 g/mol. The molecule has 1 atom stereocenters. The molecule has 6 heteroatoms. The highest BCUT2D eigenvalue weighted by Gasteiger charge is 2.68. The lowest BCUT2D eigenvalue weighted by Gasteiger charge is -2.47. The summed E-state index contributed by atoms with van der Waals surface area (Å²) in [5, 5.41) is 0. The van der Waals surface area contributed by atoms with Crippen LogP contribution in [0.3, 0.4) is 0 Å².